The summed E-state index contributed by atoms with van der Waals surface area (Å²) < 4.78 is 0. The molecule has 11 aromatic rings. The zero-order valence-corrected chi connectivity index (χ0v) is 40.0. The normalized spacial score (nSPS) is 12.9. The second-order valence-corrected chi connectivity index (χ2v) is 19.5. The molecule has 0 radical (unpaired) electrons. The number of aryl methyl sites for hydroxylation is 4. The molecule has 0 saturated heterocycles. The molecule has 0 aliphatic heterocycles. The average molecular weight is 885 g/mol. The molecule has 11 aromatic carbocycles. The number of benzene rings is 11. The van der Waals surface area contributed by atoms with Crippen molar-refractivity contribution in [3.8, 4) is 22.3 Å². The molecule has 0 amide bonds. The standard InChI is InChI=1S/C67H52N2/c1-41-35-54(36-42(2)45(41)5)68(50-18-9-7-10-19-50)52-28-32-57-48(39-52)25-30-59-60-31-26-49-40-53(69(51-20-11-8-12-21-51)55-37-43(3)46(6)44(4)38-55)29-33-58(49)66(60)67(65(57)59)62-24-16-15-23-61(62)64-56-22-14-13-17-47(56)27-34-63(64)67/h7-40H,1-6H3. The molecule has 0 bridgehead atoms. The van der Waals surface area contributed by atoms with Crippen LogP contribution in [-0.4, -0.2) is 0 Å². The van der Waals surface area contributed by atoms with Gasteiger partial charge in [0.15, 0.2) is 0 Å². The van der Waals surface area contributed by atoms with Gasteiger partial charge in [0, 0.05) is 34.1 Å². The zero-order valence-electron chi connectivity index (χ0n) is 40.0. The second kappa shape index (κ2) is 15.4. The van der Waals surface area contributed by atoms with Gasteiger partial charge in [0.05, 0.1) is 5.41 Å². The number of fused-ring (bicyclic) bond motifs is 16. The maximum Gasteiger partial charge on any atom is 0.0737 e. The molecular formula is C67H52N2. The first-order valence-corrected chi connectivity index (χ1v) is 24.3. The third-order valence-electron chi connectivity index (χ3n) is 15.9. The molecule has 2 heteroatoms. The van der Waals surface area contributed by atoms with Crippen LogP contribution >= 0.6 is 0 Å². The number of para-hydroxylation sites is 2. The summed E-state index contributed by atoms with van der Waals surface area (Å²) >= 11 is 0. The van der Waals surface area contributed by atoms with E-state index in [-0.39, 0.29) is 0 Å². The third kappa shape index (κ3) is 5.98. The fourth-order valence-corrected chi connectivity index (χ4v) is 12.2. The van der Waals surface area contributed by atoms with E-state index in [1.54, 1.807) is 0 Å². The van der Waals surface area contributed by atoms with Gasteiger partial charge in [0.2, 0.25) is 0 Å². The van der Waals surface area contributed by atoms with E-state index in [9.17, 15) is 0 Å². The Hall–Kier alpha value is -8.20. The first-order valence-electron chi connectivity index (χ1n) is 24.3. The SMILES string of the molecule is Cc1cc(N(c2ccccc2)c2ccc3c4c(ccc3c2)-c2ccc3cc(N(c5ccccc5)c5cc(C)c(C)c(C)c5)ccc3c2C42c3ccccc3-c3c2ccc2ccccc32)cc(C)c1C. The van der Waals surface area contributed by atoms with Gasteiger partial charge in [-0.25, -0.2) is 0 Å². The predicted molar refractivity (Wildman–Crippen MR) is 293 cm³/mol. The fourth-order valence-electron chi connectivity index (χ4n) is 12.2. The first kappa shape index (κ1) is 41.0. The van der Waals surface area contributed by atoms with Crippen LogP contribution in [-0.2, 0) is 5.41 Å². The van der Waals surface area contributed by atoms with E-state index in [4.69, 9.17) is 0 Å². The quantitative estimate of drug-likeness (QED) is 0.164. The van der Waals surface area contributed by atoms with Crippen molar-refractivity contribution in [1.82, 2.24) is 0 Å². The Kier molecular flexibility index (Phi) is 9.17. The smallest absolute Gasteiger partial charge is 0.0737 e. The topological polar surface area (TPSA) is 6.48 Å². The van der Waals surface area contributed by atoms with Gasteiger partial charge in [-0.2, -0.15) is 0 Å². The predicted octanol–water partition coefficient (Wildman–Crippen LogP) is 18.3. The molecule has 0 fully saturated rings. The molecule has 13 rings (SSSR count). The molecule has 0 saturated carbocycles. The highest BCUT2D eigenvalue weighted by Gasteiger charge is 2.53. The Labute approximate surface area is 405 Å². The van der Waals surface area contributed by atoms with Gasteiger partial charge in [0.1, 0.15) is 0 Å². The van der Waals surface area contributed by atoms with Gasteiger partial charge < -0.3 is 9.80 Å². The van der Waals surface area contributed by atoms with Crippen LogP contribution in [0.1, 0.15) is 55.6 Å². The molecule has 0 atom stereocenters. The minimum atomic E-state index is -0.586. The maximum absolute atomic E-state index is 2.45. The highest BCUT2D eigenvalue weighted by atomic mass is 15.1. The van der Waals surface area contributed by atoms with Crippen LogP contribution < -0.4 is 9.80 Å². The molecule has 2 nitrogen and oxygen atoms in total. The largest absolute Gasteiger partial charge is 0.310 e. The number of nitrogens with zero attached hydrogens (tertiary/aromatic N) is 2. The summed E-state index contributed by atoms with van der Waals surface area (Å²) in [7, 11) is 0. The van der Waals surface area contributed by atoms with Gasteiger partial charge in [-0.3, -0.25) is 0 Å². The summed E-state index contributed by atoms with van der Waals surface area (Å²) in [4.78, 5) is 4.85. The van der Waals surface area contributed by atoms with Crippen molar-refractivity contribution < 1.29 is 0 Å². The van der Waals surface area contributed by atoms with Gasteiger partial charge in [-0.15, -0.1) is 0 Å². The Morgan fingerprint density at radius 2 is 0.739 bits per heavy atom. The highest BCUT2D eigenvalue weighted by molar-refractivity contribution is 6.13. The van der Waals surface area contributed by atoms with Crippen LogP contribution in [0.3, 0.4) is 0 Å². The van der Waals surface area contributed by atoms with Crippen molar-refractivity contribution >= 4 is 66.4 Å². The lowest BCUT2D eigenvalue weighted by Crippen LogP contribution is -2.26. The highest BCUT2D eigenvalue weighted by Crippen LogP contribution is 2.66. The second-order valence-electron chi connectivity index (χ2n) is 19.5. The van der Waals surface area contributed by atoms with Crippen LogP contribution in [0, 0.1) is 41.5 Å². The summed E-state index contributed by atoms with van der Waals surface area (Å²) in [5.74, 6) is 0. The lowest BCUT2D eigenvalue weighted by Gasteiger charge is -2.33. The van der Waals surface area contributed by atoms with Gasteiger partial charge in [-0.05, 0) is 225 Å². The Balaban J connectivity index is 1.09. The molecule has 0 N–H and O–H groups in total. The van der Waals surface area contributed by atoms with Crippen molar-refractivity contribution in [1.29, 1.82) is 0 Å². The number of anilines is 6. The van der Waals surface area contributed by atoms with E-state index in [0.717, 1.165) is 22.7 Å². The number of hydrogen-bond acceptors (Lipinski definition) is 2. The van der Waals surface area contributed by atoms with Crippen LogP contribution in [0.2, 0.25) is 0 Å². The van der Waals surface area contributed by atoms with Crippen molar-refractivity contribution in [3.05, 3.63) is 262 Å². The maximum atomic E-state index is 2.45. The van der Waals surface area contributed by atoms with Gasteiger partial charge >= 0.3 is 0 Å². The van der Waals surface area contributed by atoms with Crippen molar-refractivity contribution in [3.63, 3.8) is 0 Å². The number of hydrogen-bond donors (Lipinski definition) is 0. The molecule has 0 aromatic heterocycles. The van der Waals surface area contributed by atoms with Crippen molar-refractivity contribution in [2.45, 2.75) is 47.0 Å². The summed E-state index contributed by atoms with van der Waals surface area (Å²) in [6, 6.07) is 78.0. The molecule has 330 valence electrons. The minimum Gasteiger partial charge on any atom is -0.310 e. The van der Waals surface area contributed by atoms with E-state index in [0.29, 0.717) is 0 Å². The molecule has 2 aliphatic rings. The summed E-state index contributed by atoms with van der Waals surface area (Å²) in [6.45, 7) is 13.4. The van der Waals surface area contributed by atoms with Gasteiger partial charge in [-0.1, -0.05) is 133 Å². The van der Waals surface area contributed by atoms with Gasteiger partial charge in [0.25, 0.3) is 0 Å². The summed E-state index contributed by atoms with van der Waals surface area (Å²) in [5.41, 5.74) is 24.8. The van der Waals surface area contributed by atoms with Crippen molar-refractivity contribution in [2.24, 2.45) is 0 Å². The van der Waals surface area contributed by atoms with E-state index >= 15 is 0 Å². The first-order chi connectivity index (χ1) is 33.7. The molecule has 69 heavy (non-hydrogen) atoms. The van der Waals surface area contributed by atoms with Crippen LogP contribution in [0.4, 0.5) is 34.1 Å². The van der Waals surface area contributed by atoms with E-state index in [1.165, 1.54) is 122 Å². The Morgan fingerprint density at radius 3 is 1.26 bits per heavy atom. The van der Waals surface area contributed by atoms with Crippen molar-refractivity contribution in [2.75, 3.05) is 9.80 Å². The van der Waals surface area contributed by atoms with E-state index in [1.807, 2.05) is 0 Å². The van der Waals surface area contributed by atoms with Crippen LogP contribution in [0.15, 0.2) is 206 Å². The summed E-state index contributed by atoms with van der Waals surface area (Å²) in [6.07, 6.45) is 0. The lowest BCUT2D eigenvalue weighted by atomic mass is 9.68. The Morgan fingerprint density at radius 1 is 0.290 bits per heavy atom. The van der Waals surface area contributed by atoms with E-state index < -0.39 is 5.41 Å². The fraction of sp³-hybridized carbons (Fsp3) is 0.104. The zero-order chi connectivity index (χ0) is 46.7. The van der Waals surface area contributed by atoms with Crippen LogP contribution in [0.5, 0.6) is 0 Å². The van der Waals surface area contributed by atoms with E-state index in [2.05, 4.69) is 258 Å². The third-order valence-corrected chi connectivity index (χ3v) is 15.9. The molecule has 1 spiro atoms. The minimum absolute atomic E-state index is 0.586. The molecule has 2 aliphatic carbocycles. The molecular weight excluding hydrogens is 833 g/mol. The summed E-state index contributed by atoms with van der Waals surface area (Å²) in [5, 5.41) is 7.55. The lowest BCUT2D eigenvalue weighted by molar-refractivity contribution is 0.810. The monoisotopic (exact) mass is 884 g/mol. The molecule has 0 heterocycles. The molecule has 0 unspecified atom stereocenters. The number of rotatable bonds is 6. The Bertz CT molecular complexity index is 3680. The van der Waals surface area contributed by atoms with Crippen LogP contribution in [0.25, 0.3) is 54.6 Å². The average Bonchev–Trinajstić information content (AvgIpc) is 3.85.